The van der Waals surface area contributed by atoms with Crippen LogP contribution in [0.15, 0.2) is 54.6 Å². The molecule has 110 valence electrons. The number of quaternary nitrogens is 1. The third-order valence-electron chi connectivity index (χ3n) is 3.46. The maximum absolute atomic E-state index is 12.0. The van der Waals surface area contributed by atoms with Crippen LogP contribution in [0.25, 0.3) is 0 Å². The molecule has 2 aromatic rings. The predicted octanol–water partition coefficient (Wildman–Crippen LogP) is 1.90. The molecule has 2 rings (SSSR count). The highest BCUT2D eigenvalue weighted by Crippen LogP contribution is 2.09. The highest BCUT2D eigenvalue weighted by atomic mass is 16.2. The molecule has 0 bridgehead atoms. The van der Waals surface area contributed by atoms with E-state index in [0.29, 0.717) is 6.54 Å². The smallest absolute Gasteiger partial charge is 0.279 e. The number of rotatable bonds is 6. The molecule has 0 aliphatic heterocycles. The molecule has 2 aromatic carbocycles. The SMILES string of the molecule is CCc1ccc(NC(=O)C[NH+](C)Cc2ccccc2)cc1. The van der Waals surface area contributed by atoms with Crippen molar-refractivity contribution < 1.29 is 9.69 Å². The van der Waals surface area contributed by atoms with Gasteiger partial charge in [-0.05, 0) is 24.1 Å². The molecular weight excluding hydrogens is 260 g/mol. The van der Waals surface area contributed by atoms with Crippen LogP contribution >= 0.6 is 0 Å². The predicted molar refractivity (Wildman–Crippen MR) is 86.3 cm³/mol. The quantitative estimate of drug-likeness (QED) is 0.834. The fraction of sp³-hybridized carbons (Fsp3) is 0.278. The zero-order chi connectivity index (χ0) is 15.1. The summed E-state index contributed by atoms with van der Waals surface area (Å²) in [6.07, 6.45) is 1.01. The number of amides is 1. The van der Waals surface area contributed by atoms with Gasteiger partial charge in [0.1, 0.15) is 6.54 Å². The van der Waals surface area contributed by atoms with E-state index in [1.165, 1.54) is 16.0 Å². The molecule has 1 atom stereocenters. The molecule has 0 aliphatic carbocycles. The minimum Gasteiger partial charge on any atom is -0.326 e. The third-order valence-corrected chi connectivity index (χ3v) is 3.46. The van der Waals surface area contributed by atoms with E-state index in [2.05, 4.69) is 36.5 Å². The van der Waals surface area contributed by atoms with Gasteiger partial charge in [0.25, 0.3) is 5.91 Å². The van der Waals surface area contributed by atoms with E-state index >= 15 is 0 Å². The summed E-state index contributed by atoms with van der Waals surface area (Å²) in [6.45, 7) is 3.43. The van der Waals surface area contributed by atoms with E-state index in [9.17, 15) is 4.79 Å². The Kier molecular flexibility index (Phi) is 5.52. The number of aryl methyl sites for hydroxylation is 1. The summed E-state index contributed by atoms with van der Waals surface area (Å²) in [5, 5.41) is 2.95. The van der Waals surface area contributed by atoms with Crippen LogP contribution in [0.1, 0.15) is 18.1 Å². The van der Waals surface area contributed by atoms with Crippen molar-refractivity contribution >= 4 is 11.6 Å². The highest BCUT2D eigenvalue weighted by molar-refractivity contribution is 5.91. The van der Waals surface area contributed by atoms with Crippen LogP contribution in [-0.4, -0.2) is 19.5 Å². The number of hydrogen-bond acceptors (Lipinski definition) is 1. The van der Waals surface area contributed by atoms with Crippen LogP contribution in [0.2, 0.25) is 0 Å². The molecule has 0 heterocycles. The van der Waals surface area contributed by atoms with Gasteiger partial charge in [0.2, 0.25) is 0 Å². The first-order valence-electron chi connectivity index (χ1n) is 7.41. The van der Waals surface area contributed by atoms with Crippen molar-refractivity contribution in [3.63, 3.8) is 0 Å². The minimum absolute atomic E-state index is 0.0488. The number of likely N-dealkylation sites (N-methyl/N-ethyl adjacent to an activating group) is 1. The van der Waals surface area contributed by atoms with Crippen molar-refractivity contribution in [1.29, 1.82) is 0 Å². The minimum atomic E-state index is 0.0488. The maximum Gasteiger partial charge on any atom is 0.279 e. The summed E-state index contributed by atoms with van der Waals surface area (Å²) in [7, 11) is 2.03. The average molecular weight is 283 g/mol. The lowest BCUT2D eigenvalue weighted by molar-refractivity contribution is -0.885. The largest absolute Gasteiger partial charge is 0.326 e. The van der Waals surface area contributed by atoms with Crippen LogP contribution in [0.4, 0.5) is 5.69 Å². The van der Waals surface area contributed by atoms with Crippen LogP contribution in [0.5, 0.6) is 0 Å². The summed E-state index contributed by atoms with van der Waals surface area (Å²) >= 11 is 0. The monoisotopic (exact) mass is 283 g/mol. The topological polar surface area (TPSA) is 33.5 Å². The molecular formula is C18H23N2O+. The van der Waals surface area contributed by atoms with Crippen molar-refractivity contribution in [3.8, 4) is 0 Å². The Morgan fingerprint density at radius 2 is 1.67 bits per heavy atom. The molecule has 0 aromatic heterocycles. The lowest BCUT2D eigenvalue weighted by atomic mass is 10.1. The van der Waals surface area contributed by atoms with Crippen LogP contribution in [-0.2, 0) is 17.8 Å². The maximum atomic E-state index is 12.0. The molecule has 0 saturated carbocycles. The number of anilines is 1. The molecule has 0 fully saturated rings. The normalized spacial score (nSPS) is 11.9. The number of benzene rings is 2. The number of hydrogen-bond donors (Lipinski definition) is 2. The molecule has 0 saturated heterocycles. The lowest BCUT2D eigenvalue weighted by Crippen LogP contribution is -3.08. The standard InChI is InChI=1S/C18H22N2O/c1-3-15-9-11-17(12-10-15)19-18(21)14-20(2)13-16-7-5-4-6-8-16/h4-12H,3,13-14H2,1-2H3,(H,19,21)/p+1. The van der Waals surface area contributed by atoms with Crippen LogP contribution in [0, 0.1) is 0 Å². The van der Waals surface area contributed by atoms with Crippen molar-refractivity contribution in [3.05, 3.63) is 65.7 Å². The molecule has 21 heavy (non-hydrogen) atoms. The Morgan fingerprint density at radius 1 is 1.00 bits per heavy atom. The summed E-state index contributed by atoms with van der Waals surface area (Å²) in [4.78, 5) is 13.2. The fourth-order valence-electron chi connectivity index (χ4n) is 2.31. The van der Waals surface area contributed by atoms with E-state index < -0.39 is 0 Å². The molecule has 3 heteroatoms. The fourth-order valence-corrected chi connectivity index (χ4v) is 2.31. The zero-order valence-electron chi connectivity index (χ0n) is 12.7. The van der Waals surface area contributed by atoms with Gasteiger partial charge < -0.3 is 10.2 Å². The number of carbonyl (C=O) groups excluding carboxylic acids is 1. The second-order valence-corrected chi connectivity index (χ2v) is 5.39. The second-order valence-electron chi connectivity index (χ2n) is 5.39. The Bertz CT molecular complexity index is 564. The third kappa shape index (κ3) is 5.04. The first kappa shape index (κ1) is 15.3. The van der Waals surface area contributed by atoms with Gasteiger partial charge in [-0.2, -0.15) is 0 Å². The summed E-state index contributed by atoms with van der Waals surface area (Å²) in [5.41, 5.74) is 3.39. The molecule has 0 spiro atoms. The van der Waals surface area contributed by atoms with Gasteiger partial charge in [-0.25, -0.2) is 0 Å². The summed E-state index contributed by atoms with van der Waals surface area (Å²) in [5.74, 6) is 0.0488. The Balaban J connectivity index is 1.83. The Hall–Kier alpha value is -2.13. The van der Waals surface area contributed by atoms with Crippen LogP contribution < -0.4 is 10.2 Å². The van der Waals surface area contributed by atoms with E-state index in [1.807, 2.05) is 37.4 Å². The first-order chi connectivity index (χ1) is 10.2. The van der Waals surface area contributed by atoms with E-state index in [1.54, 1.807) is 0 Å². The van der Waals surface area contributed by atoms with E-state index in [0.717, 1.165) is 18.7 Å². The summed E-state index contributed by atoms with van der Waals surface area (Å²) in [6, 6.07) is 18.3. The van der Waals surface area contributed by atoms with Gasteiger partial charge >= 0.3 is 0 Å². The molecule has 1 amide bonds. The van der Waals surface area contributed by atoms with E-state index in [4.69, 9.17) is 0 Å². The molecule has 1 unspecified atom stereocenters. The highest BCUT2D eigenvalue weighted by Gasteiger charge is 2.10. The molecule has 3 nitrogen and oxygen atoms in total. The van der Waals surface area contributed by atoms with Gasteiger partial charge in [0.05, 0.1) is 7.05 Å². The number of nitrogens with one attached hydrogen (secondary N) is 2. The van der Waals surface area contributed by atoms with Crippen LogP contribution in [0.3, 0.4) is 0 Å². The average Bonchev–Trinajstić information content (AvgIpc) is 2.48. The second kappa shape index (κ2) is 7.60. The van der Waals surface area contributed by atoms with Gasteiger partial charge in [0, 0.05) is 11.3 Å². The first-order valence-corrected chi connectivity index (χ1v) is 7.41. The summed E-state index contributed by atoms with van der Waals surface area (Å²) < 4.78 is 0. The molecule has 2 N–H and O–H groups in total. The molecule has 0 radical (unpaired) electrons. The van der Waals surface area contributed by atoms with Gasteiger partial charge in [0.15, 0.2) is 6.54 Å². The van der Waals surface area contributed by atoms with Crippen molar-refractivity contribution in [2.75, 3.05) is 18.9 Å². The van der Waals surface area contributed by atoms with Crippen molar-refractivity contribution in [2.45, 2.75) is 19.9 Å². The molecule has 0 aliphatic rings. The van der Waals surface area contributed by atoms with Crippen molar-refractivity contribution in [1.82, 2.24) is 0 Å². The zero-order valence-corrected chi connectivity index (χ0v) is 12.7. The van der Waals surface area contributed by atoms with Crippen molar-refractivity contribution in [2.24, 2.45) is 0 Å². The Morgan fingerprint density at radius 3 is 2.29 bits per heavy atom. The van der Waals surface area contributed by atoms with Gasteiger partial charge in [-0.3, -0.25) is 4.79 Å². The van der Waals surface area contributed by atoms with E-state index in [-0.39, 0.29) is 5.91 Å². The van der Waals surface area contributed by atoms with Gasteiger partial charge in [-0.1, -0.05) is 49.4 Å². The van der Waals surface area contributed by atoms with Gasteiger partial charge in [-0.15, -0.1) is 0 Å². The number of carbonyl (C=O) groups is 1. The Labute approximate surface area is 126 Å². The lowest BCUT2D eigenvalue weighted by Gasteiger charge is -2.14.